The molecule has 0 spiro atoms. The van der Waals surface area contributed by atoms with Crippen LogP contribution >= 0.6 is 0 Å². The smallest absolute Gasteiger partial charge is 0.872 e. The number of rotatable bonds is 10. The largest absolute Gasteiger partial charge is 1.00 e. The molecule has 0 heterocycles. The van der Waals surface area contributed by atoms with Crippen LogP contribution in [0, 0.1) is 0 Å². The summed E-state index contributed by atoms with van der Waals surface area (Å²) < 4.78 is 37.2. The second-order valence-corrected chi connectivity index (χ2v) is 7.80. The van der Waals surface area contributed by atoms with Gasteiger partial charge in [-0.3, -0.25) is 4.55 Å². The second kappa shape index (κ2) is 12.2. The molecule has 0 bridgehead atoms. The van der Waals surface area contributed by atoms with Gasteiger partial charge < -0.3 is 9.84 Å². The Hall–Kier alpha value is -0.414. The van der Waals surface area contributed by atoms with Crippen molar-refractivity contribution in [3.05, 3.63) is 48.0 Å². The number of hydrogen-bond acceptors (Lipinski definition) is 4. The number of hydrogen-bond donors (Lipinski definition) is 1. The Balaban J connectivity index is 0.00000364. The normalized spacial score (nSPS) is 11.0. The van der Waals surface area contributed by atoms with Crippen molar-refractivity contribution in [1.29, 1.82) is 0 Å². The minimum absolute atomic E-state index is 0. The third-order valence-corrected chi connectivity index (χ3v) is 4.94. The van der Waals surface area contributed by atoms with Gasteiger partial charge in [0.1, 0.15) is 11.5 Å². The van der Waals surface area contributed by atoms with Gasteiger partial charge in [0, 0.05) is 6.07 Å². The fraction of sp³-hybridized carbons (Fsp3) is 0.400. The monoisotopic (exact) mass is 416 g/mol. The first-order valence-electron chi connectivity index (χ1n) is 8.95. The van der Waals surface area contributed by atoms with Crippen molar-refractivity contribution in [3.8, 4) is 17.2 Å². The Kier molecular flexibility index (Phi) is 11.1. The molecule has 0 aromatic heterocycles. The maximum atomic E-state index is 11.6. The van der Waals surface area contributed by atoms with Crippen LogP contribution in [0.5, 0.6) is 17.2 Å². The molecule has 0 fully saturated rings. The zero-order chi connectivity index (χ0) is 19.0. The summed E-state index contributed by atoms with van der Waals surface area (Å²) in [4.78, 5) is -0.469. The van der Waals surface area contributed by atoms with Gasteiger partial charge in [-0.2, -0.15) is 8.42 Å². The molecule has 0 radical (unpaired) electrons. The first-order valence-corrected chi connectivity index (χ1v) is 10.4. The molecular weight excluding hydrogens is 391 g/mol. The Bertz CT molecular complexity index is 821. The van der Waals surface area contributed by atoms with Crippen molar-refractivity contribution in [2.75, 3.05) is 0 Å². The molecule has 0 aliphatic rings. The predicted octanol–water partition coefficient (Wildman–Crippen LogP) is 1.71. The molecule has 1 N–H and O–H groups in total. The number of ether oxygens (including phenoxy) is 1. The Morgan fingerprint density at radius 2 is 1.67 bits per heavy atom. The van der Waals surface area contributed by atoms with Crippen LogP contribution in [0.4, 0.5) is 0 Å². The van der Waals surface area contributed by atoms with Crippen molar-refractivity contribution in [2.24, 2.45) is 0 Å². The summed E-state index contributed by atoms with van der Waals surface area (Å²) in [5.41, 5.74) is 1.13. The molecule has 0 atom stereocenters. The summed E-state index contributed by atoms with van der Waals surface area (Å²) in [6.45, 7) is 2.20. The van der Waals surface area contributed by atoms with E-state index in [4.69, 9.17) is 9.29 Å². The van der Waals surface area contributed by atoms with Gasteiger partial charge >= 0.3 is 51.4 Å². The van der Waals surface area contributed by atoms with E-state index in [0.29, 0.717) is 5.75 Å². The summed E-state index contributed by atoms with van der Waals surface area (Å²) in [6.07, 6.45) is 8.30. The number of benzene rings is 2. The third-order valence-electron chi connectivity index (χ3n) is 4.10. The molecule has 0 aliphatic carbocycles. The van der Waals surface area contributed by atoms with Crippen LogP contribution < -0.4 is 61.2 Å². The van der Waals surface area contributed by atoms with Gasteiger partial charge in [0.2, 0.25) is 0 Å². The molecule has 0 saturated heterocycles. The molecular formula is C20H25KO5S. The van der Waals surface area contributed by atoms with Crippen LogP contribution in [0.1, 0.15) is 51.0 Å². The summed E-state index contributed by atoms with van der Waals surface area (Å²) in [7, 11) is -4.45. The van der Waals surface area contributed by atoms with Crippen LogP contribution in [0.25, 0.3) is 0 Å². The van der Waals surface area contributed by atoms with Crippen molar-refractivity contribution in [2.45, 2.75) is 56.8 Å². The topological polar surface area (TPSA) is 86.7 Å². The number of unbranched alkanes of at least 4 members (excludes halogenated alkanes) is 5. The molecule has 142 valence electrons. The van der Waals surface area contributed by atoms with Gasteiger partial charge in [0.05, 0.1) is 4.90 Å². The quantitative estimate of drug-likeness (QED) is 0.362. The summed E-state index contributed by atoms with van der Waals surface area (Å²) in [5.74, 6) is 0.0700. The molecule has 5 nitrogen and oxygen atoms in total. The molecule has 2 aromatic rings. The van der Waals surface area contributed by atoms with Gasteiger partial charge in [-0.1, -0.05) is 51.2 Å². The van der Waals surface area contributed by atoms with Crippen molar-refractivity contribution in [1.82, 2.24) is 0 Å². The standard InChI is InChI=1S/C20H26O5S.K/c1-2-3-4-5-6-7-9-16-10-8-11-18(12-16)25-19-13-17(21)14-20(15-19)26(22,23)24;/h8,10-15,21H,2-7,9H2,1H3,(H,22,23,24);/q;+1/p-1. The maximum absolute atomic E-state index is 11.6. The average Bonchev–Trinajstić information content (AvgIpc) is 2.57. The first-order chi connectivity index (χ1) is 12.4. The van der Waals surface area contributed by atoms with Gasteiger partial charge in [0.15, 0.2) is 0 Å². The fourth-order valence-electron chi connectivity index (χ4n) is 2.76. The van der Waals surface area contributed by atoms with E-state index < -0.39 is 20.8 Å². The van der Waals surface area contributed by atoms with Crippen LogP contribution in [0.15, 0.2) is 47.4 Å². The van der Waals surface area contributed by atoms with Crippen molar-refractivity contribution >= 4 is 10.1 Å². The van der Waals surface area contributed by atoms with Crippen molar-refractivity contribution in [3.63, 3.8) is 0 Å². The minimum Gasteiger partial charge on any atom is -0.872 e. The van der Waals surface area contributed by atoms with E-state index in [9.17, 15) is 13.5 Å². The maximum Gasteiger partial charge on any atom is 1.00 e. The van der Waals surface area contributed by atoms with E-state index in [1.807, 2.05) is 18.2 Å². The Morgan fingerprint density at radius 1 is 0.963 bits per heavy atom. The molecule has 0 unspecified atom stereocenters. The van der Waals surface area contributed by atoms with Gasteiger partial charge in [-0.25, -0.2) is 0 Å². The molecule has 27 heavy (non-hydrogen) atoms. The van der Waals surface area contributed by atoms with E-state index in [2.05, 4.69) is 6.92 Å². The molecule has 0 saturated carbocycles. The second-order valence-electron chi connectivity index (χ2n) is 6.38. The first kappa shape index (κ1) is 24.6. The van der Waals surface area contributed by atoms with E-state index in [1.165, 1.54) is 38.2 Å². The zero-order valence-electron chi connectivity index (χ0n) is 16.0. The van der Waals surface area contributed by atoms with Crippen LogP contribution in [-0.4, -0.2) is 13.0 Å². The summed E-state index contributed by atoms with van der Waals surface area (Å²) in [5, 5.41) is 11.6. The number of aryl methyl sites for hydroxylation is 1. The predicted molar refractivity (Wildman–Crippen MR) is 99.3 cm³/mol. The van der Waals surface area contributed by atoms with Crippen molar-refractivity contribution < 1.29 is 74.2 Å². The molecule has 0 aliphatic heterocycles. The molecule has 0 amide bonds. The molecule has 2 aromatic carbocycles. The van der Waals surface area contributed by atoms with Crippen LogP contribution in [0.3, 0.4) is 0 Å². The third kappa shape index (κ3) is 9.08. The van der Waals surface area contributed by atoms with E-state index in [-0.39, 0.29) is 57.1 Å². The molecule has 7 heteroatoms. The van der Waals surface area contributed by atoms with E-state index >= 15 is 0 Å². The zero-order valence-corrected chi connectivity index (χ0v) is 19.9. The fourth-order valence-corrected chi connectivity index (χ4v) is 3.29. The van der Waals surface area contributed by atoms with Crippen LogP contribution in [-0.2, 0) is 16.5 Å². The minimum atomic E-state index is -4.45. The van der Waals surface area contributed by atoms with E-state index in [0.717, 1.165) is 30.5 Å². The van der Waals surface area contributed by atoms with Gasteiger partial charge in [-0.05, 0) is 42.7 Å². The van der Waals surface area contributed by atoms with Crippen LogP contribution in [0.2, 0.25) is 0 Å². The molecule has 2 rings (SSSR count). The SMILES string of the molecule is CCCCCCCCc1cccc(Oc2cc([O-])cc(S(=O)(=O)O)c2)c1.[K+]. The van der Waals surface area contributed by atoms with E-state index in [1.54, 1.807) is 6.07 Å². The summed E-state index contributed by atoms with van der Waals surface area (Å²) >= 11 is 0. The van der Waals surface area contributed by atoms with Gasteiger partial charge in [0.25, 0.3) is 10.1 Å². The summed E-state index contributed by atoms with van der Waals surface area (Å²) in [6, 6.07) is 10.7. The Labute approximate surface area is 204 Å². The Morgan fingerprint density at radius 3 is 2.37 bits per heavy atom. The van der Waals surface area contributed by atoms with Gasteiger partial charge in [-0.15, -0.1) is 5.75 Å². The average molecular weight is 417 g/mol.